The molecule has 2 aromatic heterocycles. The number of nitrogens with zero attached hydrogens (tertiary/aromatic N) is 3. The van der Waals surface area contributed by atoms with Gasteiger partial charge in [-0.25, -0.2) is 0 Å². The standard InChI is InChI=1S/C18H28N4OS3/c1-13(2)10-22(11-14(3)4)16(23)12-25-18-21-20-17(26-18)19-8-7-15-6-5-9-24-15/h5-6,9,13-14H,7-8,10-12H2,1-4H3,(H,19,20). The van der Waals surface area contributed by atoms with Gasteiger partial charge in [-0.15, -0.1) is 21.5 Å². The number of hydrogen-bond donors (Lipinski definition) is 1. The number of amides is 1. The predicted octanol–water partition coefficient (Wildman–Crippen LogP) is 4.49. The minimum Gasteiger partial charge on any atom is -0.360 e. The van der Waals surface area contributed by atoms with Gasteiger partial charge >= 0.3 is 0 Å². The number of carbonyl (C=O) groups is 1. The summed E-state index contributed by atoms with van der Waals surface area (Å²) in [5.74, 6) is 1.55. The molecule has 0 atom stereocenters. The van der Waals surface area contributed by atoms with Gasteiger partial charge in [0.15, 0.2) is 4.34 Å². The van der Waals surface area contributed by atoms with Crippen molar-refractivity contribution < 1.29 is 4.79 Å². The highest BCUT2D eigenvalue weighted by molar-refractivity contribution is 8.01. The van der Waals surface area contributed by atoms with Crippen LogP contribution in [0.15, 0.2) is 21.9 Å². The van der Waals surface area contributed by atoms with Gasteiger partial charge in [-0.1, -0.05) is 56.9 Å². The highest BCUT2D eigenvalue weighted by atomic mass is 32.2. The maximum Gasteiger partial charge on any atom is 0.233 e. The van der Waals surface area contributed by atoms with Gasteiger partial charge in [-0.2, -0.15) is 0 Å². The molecule has 0 unspecified atom stereocenters. The van der Waals surface area contributed by atoms with Gasteiger partial charge in [-0.05, 0) is 29.7 Å². The smallest absolute Gasteiger partial charge is 0.233 e. The van der Waals surface area contributed by atoms with Crippen LogP contribution in [0.2, 0.25) is 0 Å². The van der Waals surface area contributed by atoms with Gasteiger partial charge in [0.1, 0.15) is 0 Å². The summed E-state index contributed by atoms with van der Waals surface area (Å²) in [5, 5.41) is 14.6. The van der Waals surface area contributed by atoms with Gasteiger partial charge in [0.05, 0.1) is 5.75 Å². The lowest BCUT2D eigenvalue weighted by molar-refractivity contribution is -0.129. The molecule has 26 heavy (non-hydrogen) atoms. The summed E-state index contributed by atoms with van der Waals surface area (Å²) in [6.45, 7) is 11.0. The molecule has 0 saturated heterocycles. The minimum absolute atomic E-state index is 0.180. The van der Waals surface area contributed by atoms with Crippen molar-refractivity contribution in [2.45, 2.75) is 38.5 Å². The van der Waals surface area contributed by atoms with Crippen molar-refractivity contribution in [1.82, 2.24) is 15.1 Å². The van der Waals surface area contributed by atoms with E-state index in [4.69, 9.17) is 0 Å². The summed E-state index contributed by atoms with van der Waals surface area (Å²) in [4.78, 5) is 15.9. The fraction of sp³-hybridized carbons (Fsp3) is 0.611. The van der Waals surface area contributed by atoms with E-state index in [1.54, 1.807) is 11.3 Å². The Balaban J connectivity index is 1.77. The quantitative estimate of drug-likeness (QED) is 0.551. The van der Waals surface area contributed by atoms with Gasteiger partial charge in [0.2, 0.25) is 11.0 Å². The van der Waals surface area contributed by atoms with E-state index in [2.05, 4.69) is 60.7 Å². The molecule has 0 aliphatic rings. The Kier molecular flexibility index (Phi) is 8.87. The summed E-state index contributed by atoms with van der Waals surface area (Å²) in [6.07, 6.45) is 0.984. The van der Waals surface area contributed by atoms with Crippen molar-refractivity contribution in [3.63, 3.8) is 0 Å². The average Bonchev–Trinajstić information content (AvgIpc) is 3.23. The molecule has 1 amide bonds. The third kappa shape index (κ3) is 7.63. The molecule has 1 N–H and O–H groups in total. The normalized spacial score (nSPS) is 11.3. The van der Waals surface area contributed by atoms with E-state index < -0.39 is 0 Å². The van der Waals surface area contributed by atoms with E-state index in [1.807, 2.05) is 4.90 Å². The predicted molar refractivity (Wildman–Crippen MR) is 113 cm³/mol. The number of nitrogens with one attached hydrogen (secondary N) is 1. The zero-order chi connectivity index (χ0) is 18.9. The maximum atomic E-state index is 12.5. The molecular weight excluding hydrogens is 384 g/mol. The highest BCUT2D eigenvalue weighted by Crippen LogP contribution is 2.26. The number of anilines is 1. The van der Waals surface area contributed by atoms with Gasteiger partial charge < -0.3 is 10.2 Å². The topological polar surface area (TPSA) is 58.1 Å². The zero-order valence-corrected chi connectivity index (χ0v) is 18.3. The van der Waals surface area contributed by atoms with Crippen LogP contribution in [0.1, 0.15) is 32.6 Å². The molecule has 0 bridgehead atoms. The van der Waals surface area contributed by atoms with Crippen LogP contribution in [0.4, 0.5) is 5.13 Å². The lowest BCUT2D eigenvalue weighted by Gasteiger charge is -2.26. The summed E-state index contributed by atoms with van der Waals surface area (Å²) in [7, 11) is 0. The molecule has 2 heterocycles. The van der Waals surface area contributed by atoms with E-state index >= 15 is 0 Å². The molecule has 0 fully saturated rings. The molecule has 0 aliphatic carbocycles. The van der Waals surface area contributed by atoms with Crippen LogP contribution in [0.3, 0.4) is 0 Å². The van der Waals surface area contributed by atoms with Gasteiger partial charge in [-0.3, -0.25) is 4.79 Å². The van der Waals surface area contributed by atoms with E-state index in [0.717, 1.165) is 35.5 Å². The van der Waals surface area contributed by atoms with Gasteiger partial charge in [0, 0.05) is 24.5 Å². The Morgan fingerprint density at radius 3 is 2.58 bits per heavy atom. The molecule has 0 spiro atoms. The third-order valence-electron chi connectivity index (χ3n) is 3.48. The molecule has 0 aliphatic heterocycles. The number of carbonyl (C=O) groups excluding carboxylic acids is 1. The second-order valence-corrected chi connectivity index (χ2v) is 10.2. The molecule has 0 radical (unpaired) electrons. The number of hydrogen-bond acceptors (Lipinski definition) is 7. The van der Waals surface area contributed by atoms with Crippen LogP contribution < -0.4 is 5.32 Å². The third-order valence-corrected chi connectivity index (χ3v) is 6.41. The van der Waals surface area contributed by atoms with E-state index in [1.165, 1.54) is 28.0 Å². The van der Waals surface area contributed by atoms with Crippen LogP contribution in [-0.2, 0) is 11.2 Å². The molecule has 0 saturated carbocycles. The highest BCUT2D eigenvalue weighted by Gasteiger charge is 2.17. The largest absolute Gasteiger partial charge is 0.360 e. The number of aromatic nitrogens is 2. The second-order valence-electron chi connectivity index (χ2n) is 7.00. The summed E-state index contributed by atoms with van der Waals surface area (Å²) in [5.41, 5.74) is 0. The Bertz CT molecular complexity index is 645. The maximum absolute atomic E-state index is 12.5. The van der Waals surface area contributed by atoms with Crippen molar-refractivity contribution in [2.24, 2.45) is 11.8 Å². The van der Waals surface area contributed by atoms with Crippen LogP contribution in [0.25, 0.3) is 0 Å². The fourth-order valence-electron chi connectivity index (χ4n) is 2.46. The van der Waals surface area contributed by atoms with Crippen LogP contribution in [0.5, 0.6) is 0 Å². The SMILES string of the molecule is CC(C)CN(CC(C)C)C(=O)CSc1nnc(NCCc2cccs2)s1. The summed E-state index contributed by atoms with van der Waals surface area (Å²) >= 11 is 4.76. The Hall–Kier alpha value is -1.12. The van der Waals surface area contributed by atoms with E-state index in [9.17, 15) is 4.79 Å². The molecule has 2 rings (SSSR count). The number of rotatable bonds is 11. The van der Waals surface area contributed by atoms with Crippen molar-refractivity contribution in [1.29, 1.82) is 0 Å². The van der Waals surface area contributed by atoms with E-state index in [-0.39, 0.29) is 5.91 Å². The van der Waals surface area contributed by atoms with Crippen molar-refractivity contribution >= 4 is 45.5 Å². The first kappa shape index (κ1) is 21.2. The van der Waals surface area contributed by atoms with Crippen LogP contribution in [-0.4, -0.2) is 46.4 Å². The summed E-state index contributed by atoms with van der Waals surface area (Å²) < 4.78 is 0.839. The average molecular weight is 413 g/mol. The molecule has 8 heteroatoms. The first-order chi connectivity index (χ1) is 12.4. The molecule has 0 aromatic carbocycles. The first-order valence-electron chi connectivity index (χ1n) is 8.94. The fourth-order valence-corrected chi connectivity index (χ4v) is 4.85. The molecule has 2 aromatic rings. The van der Waals surface area contributed by atoms with Crippen molar-refractivity contribution in [3.05, 3.63) is 22.4 Å². The zero-order valence-electron chi connectivity index (χ0n) is 15.9. The molecular formula is C18H28N4OS3. The lowest BCUT2D eigenvalue weighted by atomic mass is 10.1. The lowest BCUT2D eigenvalue weighted by Crippen LogP contribution is -2.38. The Morgan fingerprint density at radius 1 is 1.23 bits per heavy atom. The van der Waals surface area contributed by atoms with Crippen molar-refractivity contribution in [3.8, 4) is 0 Å². The second kappa shape index (κ2) is 10.9. The molecule has 5 nitrogen and oxygen atoms in total. The van der Waals surface area contributed by atoms with E-state index in [0.29, 0.717) is 17.6 Å². The Labute approximate surface area is 168 Å². The Morgan fingerprint density at radius 2 is 1.96 bits per heavy atom. The van der Waals surface area contributed by atoms with Crippen LogP contribution in [0, 0.1) is 11.8 Å². The minimum atomic E-state index is 0.180. The van der Waals surface area contributed by atoms with Crippen LogP contribution >= 0.6 is 34.4 Å². The summed E-state index contributed by atoms with van der Waals surface area (Å²) in [6, 6.07) is 4.21. The monoisotopic (exact) mass is 412 g/mol. The first-order valence-corrected chi connectivity index (χ1v) is 11.6. The molecule has 144 valence electrons. The van der Waals surface area contributed by atoms with Gasteiger partial charge in [0.25, 0.3) is 0 Å². The number of thioether (sulfide) groups is 1. The van der Waals surface area contributed by atoms with Crippen molar-refractivity contribution in [2.75, 3.05) is 30.7 Å². The number of thiophene rings is 1.